The molecule has 1 aliphatic rings. The Balaban J connectivity index is 0.00000128. The van der Waals surface area contributed by atoms with Crippen molar-refractivity contribution in [2.75, 3.05) is 32.9 Å². The molecule has 2 heterocycles. The highest BCUT2D eigenvalue weighted by Gasteiger charge is 2.24. The van der Waals surface area contributed by atoms with Gasteiger partial charge in [0.1, 0.15) is 6.67 Å². The van der Waals surface area contributed by atoms with Crippen molar-refractivity contribution in [3.05, 3.63) is 20.8 Å². The molecule has 2 nitrogen and oxygen atoms in total. The molecule has 1 aliphatic heterocycles. The minimum Gasteiger partial charge on any atom is -0.314 e. The summed E-state index contributed by atoms with van der Waals surface area (Å²) >= 11 is 5.10. The molecule has 0 aromatic carbocycles. The average molecular weight is 366 g/mol. The molecular weight excluding hydrogens is 350 g/mol. The van der Waals surface area contributed by atoms with Crippen molar-refractivity contribution >= 4 is 52.1 Å². The van der Waals surface area contributed by atoms with Crippen LogP contribution in [0.2, 0.25) is 0 Å². The molecule has 7 heteroatoms. The summed E-state index contributed by atoms with van der Waals surface area (Å²) in [4.78, 5) is 3.33. The van der Waals surface area contributed by atoms with Crippen LogP contribution >= 0.6 is 52.1 Å². The van der Waals surface area contributed by atoms with Crippen LogP contribution < -0.4 is 5.32 Å². The van der Waals surface area contributed by atoms with Gasteiger partial charge in [0.25, 0.3) is 0 Å². The third-order valence-electron chi connectivity index (χ3n) is 2.69. The predicted molar refractivity (Wildman–Crippen MR) is 79.7 cm³/mol. The number of alkyl halides is 1. The van der Waals surface area contributed by atoms with Crippen LogP contribution in [0.4, 0.5) is 4.39 Å². The smallest absolute Gasteiger partial charge is 0.110 e. The Kier molecular flexibility index (Phi) is 8.98. The second-order valence-corrected chi connectivity index (χ2v) is 5.39. The van der Waals surface area contributed by atoms with E-state index in [1.54, 1.807) is 11.3 Å². The van der Waals surface area contributed by atoms with Gasteiger partial charge in [0.2, 0.25) is 0 Å². The van der Waals surface area contributed by atoms with Crippen LogP contribution in [0.15, 0.2) is 15.9 Å². The molecule has 1 fully saturated rings. The molecule has 0 amide bonds. The summed E-state index contributed by atoms with van der Waals surface area (Å²) in [6, 6.07) is 1.92. The monoisotopic (exact) mass is 364 g/mol. The van der Waals surface area contributed by atoms with Gasteiger partial charge in [-0.1, -0.05) is 0 Å². The van der Waals surface area contributed by atoms with E-state index in [-0.39, 0.29) is 37.5 Å². The van der Waals surface area contributed by atoms with Crippen molar-refractivity contribution in [1.29, 1.82) is 0 Å². The summed E-state index contributed by atoms with van der Waals surface area (Å²) in [5.74, 6) is 0. The molecule has 1 atom stereocenters. The van der Waals surface area contributed by atoms with Crippen molar-refractivity contribution in [2.24, 2.45) is 0 Å². The molecule has 0 bridgehead atoms. The van der Waals surface area contributed by atoms with Crippen molar-refractivity contribution in [3.63, 3.8) is 0 Å². The number of thiophene rings is 1. The summed E-state index contributed by atoms with van der Waals surface area (Å²) in [5, 5.41) is 5.29. The van der Waals surface area contributed by atoms with Crippen LogP contribution in [-0.2, 0) is 0 Å². The first kappa shape index (κ1) is 17.6. The molecule has 0 spiro atoms. The Hall–Kier alpha value is 0.610. The number of hydrogen-bond donors (Lipinski definition) is 1. The van der Waals surface area contributed by atoms with E-state index in [1.165, 1.54) is 0 Å². The maximum atomic E-state index is 13.1. The Morgan fingerprint density at radius 3 is 2.53 bits per heavy atom. The fourth-order valence-corrected chi connectivity index (χ4v) is 3.62. The van der Waals surface area contributed by atoms with Gasteiger partial charge in [-0.2, -0.15) is 0 Å². The normalized spacial score (nSPS) is 18.0. The number of piperazine rings is 1. The maximum Gasteiger partial charge on any atom is 0.110 e. The number of halogens is 4. The zero-order valence-corrected chi connectivity index (χ0v) is 13.2. The summed E-state index contributed by atoms with van der Waals surface area (Å²) < 4.78 is 14.1. The van der Waals surface area contributed by atoms with E-state index >= 15 is 0 Å². The molecular formula is C10H16BrCl2FN2S. The lowest BCUT2D eigenvalue weighted by molar-refractivity contribution is 0.149. The molecule has 1 saturated heterocycles. The zero-order chi connectivity index (χ0) is 10.7. The highest BCUT2D eigenvalue weighted by atomic mass is 79.9. The number of hydrogen-bond acceptors (Lipinski definition) is 3. The van der Waals surface area contributed by atoms with Gasteiger partial charge in [0.15, 0.2) is 0 Å². The fourth-order valence-electron chi connectivity index (χ4n) is 1.87. The number of nitrogens with one attached hydrogen (secondary N) is 1. The van der Waals surface area contributed by atoms with Crippen LogP contribution in [-0.4, -0.2) is 37.8 Å². The van der Waals surface area contributed by atoms with Gasteiger partial charge in [-0.3, -0.25) is 4.90 Å². The Morgan fingerprint density at radius 2 is 2.06 bits per heavy atom. The van der Waals surface area contributed by atoms with E-state index in [4.69, 9.17) is 0 Å². The third kappa shape index (κ3) is 4.33. The summed E-state index contributed by atoms with van der Waals surface area (Å²) in [6.45, 7) is 3.47. The molecule has 1 aromatic rings. The second kappa shape index (κ2) is 8.67. The molecule has 0 saturated carbocycles. The van der Waals surface area contributed by atoms with E-state index in [2.05, 4.69) is 26.1 Å². The lowest BCUT2D eigenvalue weighted by Gasteiger charge is -2.33. The molecule has 17 heavy (non-hydrogen) atoms. The Bertz CT molecular complexity index is 321. The first-order valence-electron chi connectivity index (χ1n) is 5.06. The molecule has 2 rings (SSSR count). The highest BCUT2D eigenvalue weighted by molar-refractivity contribution is 9.10. The molecule has 1 N–H and O–H groups in total. The zero-order valence-electron chi connectivity index (χ0n) is 9.20. The lowest BCUT2D eigenvalue weighted by atomic mass is 10.2. The summed E-state index contributed by atoms with van der Waals surface area (Å²) in [7, 11) is 0. The van der Waals surface area contributed by atoms with E-state index in [0.29, 0.717) is 0 Å². The predicted octanol–water partition coefficient (Wildman–Crippen LogP) is 3.27. The van der Waals surface area contributed by atoms with Crippen molar-refractivity contribution in [2.45, 2.75) is 6.04 Å². The molecule has 0 aliphatic carbocycles. The molecule has 100 valence electrons. The summed E-state index contributed by atoms with van der Waals surface area (Å²) in [5.41, 5.74) is 0. The SMILES string of the molecule is Cl.Cl.FC[C@H](c1sccc1Br)N1CCNCC1. The first-order valence-corrected chi connectivity index (χ1v) is 6.74. The van der Waals surface area contributed by atoms with Crippen LogP contribution in [0.5, 0.6) is 0 Å². The topological polar surface area (TPSA) is 15.3 Å². The van der Waals surface area contributed by atoms with Gasteiger partial charge in [-0.15, -0.1) is 36.2 Å². The molecule has 0 radical (unpaired) electrons. The maximum absolute atomic E-state index is 13.1. The Morgan fingerprint density at radius 1 is 1.41 bits per heavy atom. The van der Waals surface area contributed by atoms with Gasteiger partial charge in [-0.05, 0) is 27.4 Å². The van der Waals surface area contributed by atoms with E-state index in [9.17, 15) is 4.39 Å². The summed E-state index contributed by atoms with van der Waals surface area (Å²) in [6.07, 6.45) is 0. The average Bonchev–Trinajstić information content (AvgIpc) is 2.68. The van der Waals surface area contributed by atoms with Gasteiger partial charge >= 0.3 is 0 Å². The highest BCUT2D eigenvalue weighted by Crippen LogP contribution is 2.33. The van der Waals surface area contributed by atoms with Crippen LogP contribution in [0.1, 0.15) is 10.9 Å². The number of rotatable bonds is 3. The van der Waals surface area contributed by atoms with Gasteiger partial charge in [-0.25, -0.2) is 4.39 Å². The molecule has 1 aromatic heterocycles. The van der Waals surface area contributed by atoms with E-state index in [0.717, 1.165) is 35.5 Å². The van der Waals surface area contributed by atoms with Crippen LogP contribution in [0, 0.1) is 0 Å². The van der Waals surface area contributed by atoms with E-state index < -0.39 is 0 Å². The Labute approximate surface area is 126 Å². The second-order valence-electron chi connectivity index (χ2n) is 3.59. The first-order chi connectivity index (χ1) is 7.33. The van der Waals surface area contributed by atoms with Crippen molar-refractivity contribution in [1.82, 2.24) is 10.2 Å². The number of nitrogens with zero attached hydrogens (tertiary/aromatic N) is 1. The minimum atomic E-state index is -0.306. The quantitative estimate of drug-likeness (QED) is 0.884. The van der Waals surface area contributed by atoms with Gasteiger partial charge in [0, 0.05) is 35.5 Å². The minimum absolute atomic E-state index is 0. The van der Waals surface area contributed by atoms with E-state index in [1.807, 2.05) is 11.4 Å². The largest absolute Gasteiger partial charge is 0.314 e. The van der Waals surface area contributed by atoms with Gasteiger partial charge in [0.05, 0.1) is 6.04 Å². The van der Waals surface area contributed by atoms with Crippen molar-refractivity contribution in [3.8, 4) is 0 Å². The standard InChI is InChI=1S/C10H14BrFN2S.2ClH/c11-8-1-6-15-10(8)9(7-12)14-4-2-13-3-5-14;;/h1,6,9,13H,2-5,7H2;2*1H/t9-;;/m1../s1. The van der Waals surface area contributed by atoms with Gasteiger partial charge < -0.3 is 5.32 Å². The lowest BCUT2D eigenvalue weighted by Crippen LogP contribution is -2.45. The third-order valence-corrected chi connectivity index (χ3v) is 4.66. The van der Waals surface area contributed by atoms with Crippen LogP contribution in [0.25, 0.3) is 0 Å². The fraction of sp³-hybridized carbons (Fsp3) is 0.600. The van der Waals surface area contributed by atoms with Crippen molar-refractivity contribution < 1.29 is 4.39 Å². The molecule has 0 unspecified atom stereocenters. The van der Waals surface area contributed by atoms with Crippen LogP contribution in [0.3, 0.4) is 0 Å².